The Kier molecular flexibility index (Phi) is 2.82. The molecule has 15 heavy (non-hydrogen) atoms. The first-order chi connectivity index (χ1) is 7.23. The number of aldehydes is 1. The minimum absolute atomic E-state index is 0.328. The van der Waals surface area contributed by atoms with Gasteiger partial charge in [-0.3, -0.25) is 4.79 Å². The number of rotatable bonds is 3. The van der Waals surface area contributed by atoms with Gasteiger partial charge in [-0.05, 0) is 18.5 Å². The van der Waals surface area contributed by atoms with E-state index in [1.54, 1.807) is 12.1 Å². The van der Waals surface area contributed by atoms with Crippen molar-refractivity contribution in [2.45, 2.75) is 18.5 Å². The molecule has 80 valence electrons. The summed E-state index contributed by atoms with van der Waals surface area (Å²) in [6.45, 7) is 1.11. The van der Waals surface area contributed by atoms with Gasteiger partial charge in [0, 0.05) is 18.5 Å². The molecule has 1 aromatic carbocycles. The molecule has 0 spiro atoms. The Labute approximate surface area is 88.5 Å². The van der Waals surface area contributed by atoms with Gasteiger partial charge in [0.15, 0.2) is 0 Å². The third kappa shape index (κ3) is 2.23. The van der Waals surface area contributed by atoms with Crippen molar-refractivity contribution in [3.8, 4) is 0 Å². The third-order valence-electron chi connectivity index (χ3n) is 2.88. The predicted molar refractivity (Wildman–Crippen MR) is 56.9 cm³/mol. The predicted octanol–water partition coefficient (Wildman–Crippen LogP) is 1.74. The van der Waals surface area contributed by atoms with Gasteiger partial charge in [-0.25, -0.2) is 4.39 Å². The highest BCUT2D eigenvalue weighted by Gasteiger charge is 2.34. The molecule has 0 saturated carbocycles. The lowest BCUT2D eigenvalue weighted by atomic mass is 9.93. The summed E-state index contributed by atoms with van der Waals surface area (Å²) < 4.78 is 14.1. The zero-order valence-corrected chi connectivity index (χ0v) is 8.50. The number of carbonyl (C=O) groups is 1. The van der Waals surface area contributed by atoms with E-state index in [0.717, 1.165) is 18.4 Å². The topological polar surface area (TPSA) is 29.1 Å². The van der Waals surface area contributed by atoms with Gasteiger partial charge in [-0.15, -0.1) is 0 Å². The first-order valence-electron chi connectivity index (χ1n) is 5.16. The first kappa shape index (κ1) is 10.3. The SMILES string of the molecule is O=Cc1ccccc1CC1(F)CCNC1. The molecule has 1 aliphatic rings. The van der Waals surface area contributed by atoms with E-state index in [-0.39, 0.29) is 0 Å². The lowest BCUT2D eigenvalue weighted by molar-refractivity contribution is 0.112. The fourth-order valence-electron chi connectivity index (χ4n) is 2.02. The van der Waals surface area contributed by atoms with Crippen molar-refractivity contribution in [1.29, 1.82) is 0 Å². The van der Waals surface area contributed by atoms with Crippen LogP contribution in [0.1, 0.15) is 22.3 Å². The van der Waals surface area contributed by atoms with Gasteiger partial charge in [-0.1, -0.05) is 24.3 Å². The van der Waals surface area contributed by atoms with Crippen molar-refractivity contribution < 1.29 is 9.18 Å². The van der Waals surface area contributed by atoms with E-state index in [9.17, 15) is 9.18 Å². The number of halogens is 1. The number of alkyl halides is 1. The standard InChI is InChI=1S/C12H14FNO/c13-12(5-6-14-9-12)7-10-3-1-2-4-11(10)8-15/h1-4,8,14H,5-7,9H2. The highest BCUT2D eigenvalue weighted by molar-refractivity contribution is 5.77. The van der Waals surface area contributed by atoms with Crippen LogP contribution in [0.5, 0.6) is 0 Å². The van der Waals surface area contributed by atoms with Gasteiger partial charge >= 0.3 is 0 Å². The summed E-state index contributed by atoms with van der Waals surface area (Å²) >= 11 is 0. The van der Waals surface area contributed by atoms with Crippen LogP contribution in [-0.4, -0.2) is 25.0 Å². The maximum absolute atomic E-state index is 14.1. The van der Waals surface area contributed by atoms with Gasteiger partial charge < -0.3 is 5.32 Å². The molecule has 1 N–H and O–H groups in total. The van der Waals surface area contributed by atoms with Gasteiger partial charge in [0.05, 0.1) is 0 Å². The molecule has 3 heteroatoms. The molecule has 0 aromatic heterocycles. The smallest absolute Gasteiger partial charge is 0.150 e. The molecule has 0 bridgehead atoms. The van der Waals surface area contributed by atoms with E-state index in [4.69, 9.17) is 0 Å². The Bertz CT molecular complexity index is 358. The van der Waals surface area contributed by atoms with Crippen molar-refractivity contribution in [1.82, 2.24) is 5.32 Å². The van der Waals surface area contributed by atoms with Crippen LogP contribution in [0.15, 0.2) is 24.3 Å². The molecule has 1 aliphatic heterocycles. The molecule has 2 nitrogen and oxygen atoms in total. The van der Waals surface area contributed by atoms with Crippen molar-refractivity contribution in [3.63, 3.8) is 0 Å². The summed E-state index contributed by atoms with van der Waals surface area (Å²) in [6, 6.07) is 7.19. The maximum Gasteiger partial charge on any atom is 0.150 e. The molecule has 1 fully saturated rings. The van der Waals surface area contributed by atoms with Crippen molar-refractivity contribution in [2.24, 2.45) is 0 Å². The minimum atomic E-state index is -1.18. The van der Waals surface area contributed by atoms with Crippen LogP contribution in [0.4, 0.5) is 4.39 Å². The summed E-state index contributed by atoms with van der Waals surface area (Å²) in [7, 11) is 0. The fraction of sp³-hybridized carbons (Fsp3) is 0.417. The quantitative estimate of drug-likeness (QED) is 0.765. The molecule has 0 radical (unpaired) electrons. The molecule has 1 atom stereocenters. The zero-order valence-electron chi connectivity index (χ0n) is 8.50. The van der Waals surface area contributed by atoms with E-state index in [1.165, 1.54) is 0 Å². The van der Waals surface area contributed by atoms with Crippen LogP contribution in [0, 0.1) is 0 Å². The van der Waals surface area contributed by atoms with Gasteiger partial charge in [-0.2, -0.15) is 0 Å². The average Bonchev–Trinajstić information content (AvgIpc) is 2.66. The second kappa shape index (κ2) is 4.11. The largest absolute Gasteiger partial charge is 0.313 e. The Morgan fingerprint density at radius 1 is 1.47 bits per heavy atom. The summed E-state index contributed by atoms with van der Waals surface area (Å²) in [4.78, 5) is 10.8. The molecule has 1 saturated heterocycles. The second-order valence-electron chi connectivity index (χ2n) is 4.07. The minimum Gasteiger partial charge on any atom is -0.313 e. The lowest BCUT2D eigenvalue weighted by Crippen LogP contribution is -2.29. The Hall–Kier alpha value is -1.22. The highest BCUT2D eigenvalue weighted by Crippen LogP contribution is 2.25. The molecule has 0 amide bonds. The second-order valence-corrected chi connectivity index (χ2v) is 4.07. The number of hydrogen-bond acceptors (Lipinski definition) is 2. The molecular weight excluding hydrogens is 193 g/mol. The summed E-state index contributed by atoms with van der Waals surface area (Å²) in [5, 5.41) is 3.01. The number of nitrogens with one attached hydrogen (secondary N) is 1. The van der Waals surface area contributed by atoms with Crippen LogP contribution >= 0.6 is 0 Å². The van der Waals surface area contributed by atoms with Crippen molar-refractivity contribution >= 4 is 6.29 Å². The number of benzene rings is 1. The number of hydrogen-bond donors (Lipinski definition) is 1. The summed E-state index contributed by atoms with van der Waals surface area (Å²) in [5.41, 5.74) is 0.221. The molecule has 1 aromatic rings. The van der Waals surface area contributed by atoms with Crippen LogP contribution < -0.4 is 5.32 Å². The number of carbonyl (C=O) groups excluding carboxylic acids is 1. The summed E-state index contributed by atoms with van der Waals surface area (Å²) in [5.74, 6) is 0. The Balaban J connectivity index is 2.19. The van der Waals surface area contributed by atoms with Gasteiger partial charge in [0.1, 0.15) is 12.0 Å². The fourth-order valence-corrected chi connectivity index (χ4v) is 2.02. The lowest BCUT2D eigenvalue weighted by Gasteiger charge is -2.18. The van der Waals surface area contributed by atoms with E-state index >= 15 is 0 Å². The van der Waals surface area contributed by atoms with Gasteiger partial charge in [0.2, 0.25) is 0 Å². The van der Waals surface area contributed by atoms with Crippen LogP contribution in [-0.2, 0) is 6.42 Å². The van der Waals surface area contributed by atoms with Crippen LogP contribution in [0.2, 0.25) is 0 Å². The average molecular weight is 207 g/mol. The monoisotopic (exact) mass is 207 g/mol. The third-order valence-corrected chi connectivity index (χ3v) is 2.88. The molecule has 2 rings (SSSR count). The molecule has 1 heterocycles. The first-order valence-corrected chi connectivity index (χ1v) is 5.16. The highest BCUT2D eigenvalue weighted by atomic mass is 19.1. The van der Waals surface area contributed by atoms with E-state index in [0.29, 0.717) is 24.9 Å². The molecular formula is C12H14FNO. The van der Waals surface area contributed by atoms with Crippen molar-refractivity contribution in [2.75, 3.05) is 13.1 Å². The van der Waals surface area contributed by atoms with Crippen molar-refractivity contribution in [3.05, 3.63) is 35.4 Å². The van der Waals surface area contributed by atoms with E-state index in [1.807, 2.05) is 12.1 Å². The van der Waals surface area contributed by atoms with Crippen LogP contribution in [0.25, 0.3) is 0 Å². The van der Waals surface area contributed by atoms with Crippen LogP contribution in [0.3, 0.4) is 0 Å². The molecule has 0 aliphatic carbocycles. The van der Waals surface area contributed by atoms with Gasteiger partial charge in [0.25, 0.3) is 0 Å². The zero-order chi connectivity index (χ0) is 10.7. The normalized spacial score (nSPS) is 25.4. The Morgan fingerprint density at radius 3 is 2.93 bits per heavy atom. The summed E-state index contributed by atoms with van der Waals surface area (Å²) in [6.07, 6.45) is 1.65. The van der Waals surface area contributed by atoms with E-state index in [2.05, 4.69) is 5.32 Å². The maximum atomic E-state index is 14.1. The van der Waals surface area contributed by atoms with E-state index < -0.39 is 5.67 Å². The Morgan fingerprint density at radius 2 is 2.27 bits per heavy atom. The molecule has 1 unspecified atom stereocenters.